The second-order valence-corrected chi connectivity index (χ2v) is 7.21. The van der Waals surface area contributed by atoms with E-state index in [2.05, 4.69) is 20.7 Å². The number of rotatable bonds is 4. The van der Waals surface area contributed by atoms with Crippen molar-refractivity contribution >= 4 is 50.0 Å². The van der Waals surface area contributed by atoms with Gasteiger partial charge in [-0.1, -0.05) is 11.6 Å². The van der Waals surface area contributed by atoms with Gasteiger partial charge >= 0.3 is 0 Å². The summed E-state index contributed by atoms with van der Waals surface area (Å²) in [5.74, 6) is 0. The minimum absolute atomic E-state index is 0. The molecule has 0 radical (unpaired) electrons. The Morgan fingerprint density at radius 2 is 2.00 bits per heavy atom. The molecule has 0 saturated carbocycles. The zero-order chi connectivity index (χ0) is 13.3. The van der Waals surface area contributed by atoms with Crippen LogP contribution in [0.1, 0.15) is 13.8 Å². The van der Waals surface area contributed by atoms with Gasteiger partial charge in [-0.15, -0.1) is 12.4 Å². The number of sulfonamides is 1. The second kappa shape index (κ2) is 6.54. The zero-order valence-electron chi connectivity index (χ0n) is 9.91. The van der Waals surface area contributed by atoms with Crippen LogP contribution in [0.25, 0.3) is 0 Å². The fourth-order valence-electron chi connectivity index (χ4n) is 1.11. The molecule has 0 aliphatic rings. The third kappa shape index (κ3) is 4.68. The van der Waals surface area contributed by atoms with E-state index in [1.165, 1.54) is 12.1 Å². The van der Waals surface area contributed by atoms with Crippen molar-refractivity contribution in [1.82, 2.24) is 4.72 Å². The van der Waals surface area contributed by atoms with E-state index in [9.17, 15) is 8.42 Å². The first kappa shape index (κ1) is 18.1. The van der Waals surface area contributed by atoms with Crippen LogP contribution >= 0.6 is 39.9 Å². The Morgan fingerprint density at radius 3 is 2.44 bits per heavy atom. The predicted octanol–water partition coefficient (Wildman–Crippen LogP) is 2.54. The zero-order valence-corrected chi connectivity index (χ0v) is 13.9. The summed E-state index contributed by atoms with van der Waals surface area (Å²) in [5, 5.41) is 0.346. The van der Waals surface area contributed by atoms with Crippen molar-refractivity contribution in [2.45, 2.75) is 24.3 Å². The van der Waals surface area contributed by atoms with Gasteiger partial charge in [-0.3, -0.25) is 0 Å². The average molecular weight is 378 g/mol. The maximum atomic E-state index is 12.0. The highest BCUT2D eigenvalue weighted by molar-refractivity contribution is 9.10. The lowest BCUT2D eigenvalue weighted by molar-refractivity contribution is 0.462. The van der Waals surface area contributed by atoms with E-state index in [-0.39, 0.29) is 23.8 Å². The summed E-state index contributed by atoms with van der Waals surface area (Å²) in [6.07, 6.45) is 0. The maximum absolute atomic E-state index is 12.0. The van der Waals surface area contributed by atoms with Crippen molar-refractivity contribution in [3.05, 3.63) is 27.7 Å². The molecule has 0 aromatic heterocycles. The second-order valence-electron chi connectivity index (χ2n) is 4.27. The van der Waals surface area contributed by atoms with E-state index in [0.29, 0.717) is 9.50 Å². The molecule has 4 nitrogen and oxygen atoms in total. The minimum atomic E-state index is -3.60. The summed E-state index contributed by atoms with van der Waals surface area (Å²) in [4.78, 5) is 0.118. The Morgan fingerprint density at radius 1 is 1.44 bits per heavy atom. The first-order chi connectivity index (χ1) is 7.68. The van der Waals surface area contributed by atoms with Gasteiger partial charge in [0.2, 0.25) is 10.0 Å². The van der Waals surface area contributed by atoms with Crippen LogP contribution in [-0.4, -0.2) is 20.5 Å². The molecule has 0 spiro atoms. The SMILES string of the molecule is CC(C)(CN)NS(=O)(=O)c1ccc(Br)c(Cl)c1.Cl. The van der Waals surface area contributed by atoms with Crippen molar-refractivity contribution in [3.63, 3.8) is 0 Å². The normalized spacial score (nSPS) is 12.1. The molecule has 3 N–H and O–H groups in total. The maximum Gasteiger partial charge on any atom is 0.241 e. The molecule has 0 aliphatic carbocycles. The number of nitrogens with one attached hydrogen (secondary N) is 1. The van der Waals surface area contributed by atoms with Gasteiger partial charge in [-0.25, -0.2) is 13.1 Å². The molecule has 0 heterocycles. The van der Waals surface area contributed by atoms with E-state index in [1.54, 1.807) is 19.9 Å². The van der Waals surface area contributed by atoms with E-state index < -0.39 is 15.6 Å². The van der Waals surface area contributed by atoms with Crippen molar-refractivity contribution < 1.29 is 8.42 Å². The minimum Gasteiger partial charge on any atom is -0.329 e. The monoisotopic (exact) mass is 376 g/mol. The molecule has 0 amide bonds. The molecule has 1 rings (SSSR count). The number of hydrogen-bond donors (Lipinski definition) is 2. The van der Waals surface area contributed by atoms with Crippen LogP contribution < -0.4 is 10.5 Å². The molecule has 0 unspecified atom stereocenters. The van der Waals surface area contributed by atoms with Gasteiger partial charge in [-0.2, -0.15) is 0 Å². The van der Waals surface area contributed by atoms with Crippen LogP contribution in [0.4, 0.5) is 0 Å². The summed E-state index contributed by atoms with van der Waals surface area (Å²) in [6.45, 7) is 3.63. The highest BCUT2D eigenvalue weighted by Gasteiger charge is 2.25. The highest BCUT2D eigenvalue weighted by Crippen LogP contribution is 2.25. The Kier molecular flexibility index (Phi) is 6.60. The molecule has 0 bridgehead atoms. The highest BCUT2D eigenvalue weighted by atomic mass is 79.9. The average Bonchev–Trinajstić information content (AvgIpc) is 2.20. The molecule has 0 saturated heterocycles. The largest absolute Gasteiger partial charge is 0.329 e. The van der Waals surface area contributed by atoms with Crippen LogP contribution in [0.3, 0.4) is 0 Å². The van der Waals surface area contributed by atoms with Crippen molar-refractivity contribution in [3.8, 4) is 0 Å². The van der Waals surface area contributed by atoms with Gasteiger partial charge < -0.3 is 5.73 Å². The molecule has 0 aliphatic heterocycles. The standard InChI is InChI=1S/C10H14BrClN2O2S.ClH/c1-10(2,6-13)14-17(15,16)7-3-4-8(11)9(12)5-7;/h3-5,14H,6,13H2,1-2H3;1H. The molecular formula is C10H15BrCl2N2O2S. The van der Waals surface area contributed by atoms with Crippen LogP contribution in [0, 0.1) is 0 Å². The van der Waals surface area contributed by atoms with Gasteiger partial charge in [0.1, 0.15) is 0 Å². The first-order valence-corrected chi connectivity index (χ1v) is 7.52. The quantitative estimate of drug-likeness (QED) is 0.846. The number of halogens is 3. The van der Waals surface area contributed by atoms with Crippen molar-refractivity contribution in [1.29, 1.82) is 0 Å². The van der Waals surface area contributed by atoms with Crippen LogP contribution in [-0.2, 0) is 10.0 Å². The third-order valence-corrected chi connectivity index (χ3v) is 5.05. The topological polar surface area (TPSA) is 72.2 Å². The Hall–Kier alpha value is 0.150. The summed E-state index contributed by atoms with van der Waals surface area (Å²) in [5.41, 5.74) is 4.79. The van der Waals surface area contributed by atoms with Crippen LogP contribution in [0.2, 0.25) is 5.02 Å². The fraction of sp³-hybridized carbons (Fsp3) is 0.400. The molecule has 104 valence electrons. The fourth-order valence-corrected chi connectivity index (χ4v) is 3.05. The smallest absolute Gasteiger partial charge is 0.241 e. The molecule has 1 aromatic rings. The lowest BCUT2D eigenvalue weighted by Gasteiger charge is -2.23. The van der Waals surface area contributed by atoms with Crippen LogP contribution in [0.15, 0.2) is 27.6 Å². The third-order valence-electron chi connectivity index (χ3n) is 2.12. The van der Waals surface area contributed by atoms with E-state index in [4.69, 9.17) is 17.3 Å². The number of hydrogen-bond acceptors (Lipinski definition) is 3. The van der Waals surface area contributed by atoms with Gasteiger partial charge in [0, 0.05) is 16.6 Å². The van der Waals surface area contributed by atoms with Gasteiger partial charge in [0.15, 0.2) is 0 Å². The predicted molar refractivity (Wildman–Crippen MR) is 79.9 cm³/mol. The molecule has 18 heavy (non-hydrogen) atoms. The Labute approximate surface area is 127 Å². The van der Waals surface area contributed by atoms with Crippen LogP contribution in [0.5, 0.6) is 0 Å². The van der Waals surface area contributed by atoms with E-state index in [0.717, 1.165) is 0 Å². The lowest BCUT2D eigenvalue weighted by atomic mass is 10.1. The van der Waals surface area contributed by atoms with Gasteiger partial charge in [0.05, 0.1) is 9.92 Å². The van der Waals surface area contributed by atoms with Crippen molar-refractivity contribution in [2.24, 2.45) is 5.73 Å². The van der Waals surface area contributed by atoms with Gasteiger partial charge in [0.25, 0.3) is 0 Å². The van der Waals surface area contributed by atoms with Crippen molar-refractivity contribution in [2.75, 3.05) is 6.54 Å². The van der Waals surface area contributed by atoms with E-state index >= 15 is 0 Å². The summed E-state index contributed by atoms with van der Waals surface area (Å²) in [6, 6.07) is 4.46. The Balaban J connectivity index is 0.00000289. The lowest BCUT2D eigenvalue weighted by Crippen LogP contribution is -2.48. The Bertz CT molecular complexity index is 521. The van der Waals surface area contributed by atoms with E-state index in [1.807, 2.05) is 0 Å². The first-order valence-electron chi connectivity index (χ1n) is 4.87. The summed E-state index contributed by atoms with van der Waals surface area (Å²) < 4.78 is 27.2. The number of benzene rings is 1. The summed E-state index contributed by atoms with van der Waals surface area (Å²) in [7, 11) is -3.60. The van der Waals surface area contributed by atoms with Gasteiger partial charge in [-0.05, 0) is 48.0 Å². The molecule has 0 fully saturated rings. The molecule has 8 heteroatoms. The molecule has 1 aromatic carbocycles. The molecule has 0 atom stereocenters. The summed E-state index contributed by atoms with van der Waals surface area (Å²) >= 11 is 9.07. The molecular weight excluding hydrogens is 363 g/mol. The number of nitrogens with two attached hydrogens (primary N) is 1.